The van der Waals surface area contributed by atoms with Crippen molar-refractivity contribution in [3.63, 3.8) is 0 Å². The molecule has 2 rings (SSSR count). The molecule has 0 bridgehead atoms. The Morgan fingerprint density at radius 3 is 2.45 bits per heavy atom. The van der Waals surface area contributed by atoms with Gasteiger partial charge in [0.05, 0.1) is 19.3 Å². The maximum absolute atomic E-state index is 14.4. The number of aliphatic hydroxyl groups excluding tert-OH is 1. The molecule has 0 amide bonds. The third-order valence-corrected chi connectivity index (χ3v) is 3.13. The molecule has 0 aliphatic carbocycles. The minimum Gasteiger partial charge on any atom is -0.496 e. The summed E-state index contributed by atoms with van der Waals surface area (Å²) in [4.78, 5) is 11.4. The first-order chi connectivity index (χ1) is 10.6. The Bertz CT molecular complexity index is 651. The first-order valence-electron chi connectivity index (χ1n) is 7.16. The van der Waals surface area contributed by atoms with E-state index in [-0.39, 0.29) is 16.9 Å². The molecular weight excluding hydrogens is 283 g/mol. The summed E-state index contributed by atoms with van der Waals surface area (Å²) in [5.74, 6) is -0.266. The summed E-state index contributed by atoms with van der Waals surface area (Å²) in [7, 11) is 1.45. The second kappa shape index (κ2) is 8.29. The molecule has 0 saturated heterocycles. The maximum atomic E-state index is 14.4. The van der Waals surface area contributed by atoms with Crippen LogP contribution < -0.4 is 4.74 Å². The number of halogens is 1. The third kappa shape index (κ3) is 3.71. The molecule has 0 fully saturated rings. The molecule has 118 valence electrons. The average Bonchev–Trinajstić information content (AvgIpc) is 2.56. The van der Waals surface area contributed by atoms with E-state index in [0.29, 0.717) is 16.9 Å². The lowest BCUT2D eigenvalue weighted by Crippen LogP contribution is -1.99. The van der Waals surface area contributed by atoms with Crippen molar-refractivity contribution < 1.29 is 19.0 Å². The van der Waals surface area contributed by atoms with Crippen LogP contribution in [0.25, 0.3) is 11.1 Å². The number of rotatable bonds is 4. The second-order valence-corrected chi connectivity index (χ2v) is 4.41. The average molecular weight is 304 g/mol. The van der Waals surface area contributed by atoms with E-state index in [9.17, 15) is 9.18 Å². The molecule has 0 aliphatic rings. The van der Waals surface area contributed by atoms with Crippen LogP contribution in [0.5, 0.6) is 5.75 Å². The zero-order chi connectivity index (χ0) is 16.7. The van der Waals surface area contributed by atoms with Crippen LogP contribution in [0.2, 0.25) is 0 Å². The van der Waals surface area contributed by atoms with Gasteiger partial charge >= 0.3 is 0 Å². The van der Waals surface area contributed by atoms with Crippen molar-refractivity contribution in [3.8, 4) is 16.9 Å². The molecule has 1 N–H and O–H groups in total. The van der Waals surface area contributed by atoms with E-state index in [1.807, 2.05) is 13.8 Å². The first kappa shape index (κ1) is 17.9. The first-order valence-corrected chi connectivity index (χ1v) is 7.16. The monoisotopic (exact) mass is 304 g/mol. The summed E-state index contributed by atoms with van der Waals surface area (Å²) >= 11 is 0. The molecule has 0 unspecified atom stereocenters. The van der Waals surface area contributed by atoms with Crippen LogP contribution in [0.1, 0.15) is 36.7 Å². The highest BCUT2D eigenvalue weighted by molar-refractivity contribution is 5.95. The van der Waals surface area contributed by atoms with Gasteiger partial charge in [-0.25, -0.2) is 4.39 Å². The lowest BCUT2D eigenvalue weighted by Gasteiger charge is -2.13. The Morgan fingerprint density at radius 2 is 1.91 bits per heavy atom. The fraction of sp³-hybridized carbons (Fsp3) is 0.278. The van der Waals surface area contributed by atoms with Gasteiger partial charge in [-0.15, -0.1) is 0 Å². The topological polar surface area (TPSA) is 46.5 Å². The number of aliphatic hydroxyl groups is 1. The number of hydrogen-bond donors (Lipinski definition) is 1. The van der Waals surface area contributed by atoms with Gasteiger partial charge in [0.2, 0.25) is 0 Å². The number of ketones is 1. The number of ether oxygens (including phenoxy) is 1. The number of carbonyl (C=O) groups excluding carboxylic acids is 1. The molecule has 0 radical (unpaired) electrons. The third-order valence-electron chi connectivity index (χ3n) is 3.13. The second-order valence-electron chi connectivity index (χ2n) is 4.41. The van der Waals surface area contributed by atoms with Crippen molar-refractivity contribution >= 4 is 5.78 Å². The highest BCUT2D eigenvalue weighted by Crippen LogP contribution is 2.34. The molecule has 2 aromatic rings. The highest BCUT2D eigenvalue weighted by atomic mass is 19.1. The Kier molecular flexibility index (Phi) is 6.73. The van der Waals surface area contributed by atoms with Crippen molar-refractivity contribution in [2.24, 2.45) is 0 Å². The van der Waals surface area contributed by atoms with Crippen molar-refractivity contribution in [1.82, 2.24) is 0 Å². The molecule has 0 spiro atoms. The smallest absolute Gasteiger partial charge is 0.159 e. The Morgan fingerprint density at radius 1 is 1.23 bits per heavy atom. The zero-order valence-electron chi connectivity index (χ0n) is 13.3. The minimum atomic E-state index is -0.535. The predicted molar refractivity (Wildman–Crippen MR) is 85.7 cm³/mol. The zero-order valence-corrected chi connectivity index (χ0v) is 13.3. The van der Waals surface area contributed by atoms with E-state index >= 15 is 0 Å². The van der Waals surface area contributed by atoms with Gasteiger partial charge in [0.1, 0.15) is 11.6 Å². The van der Waals surface area contributed by atoms with Crippen LogP contribution in [0, 0.1) is 5.82 Å². The van der Waals surface area contributed by atoms with Gasteiger partial charge in [0.15, 0.2) is 5.78 Å². The van der Waals surface area contributed by atoms with Gasteiger partial charge in [-0.2, -0.15) is 0 Å². The van der Waals surface area contributed by atoms with E-state index < -0.39 is 12.4 Å². The number of carbonyl (C=O) groups is 1. The summed E-state index contributed by atoms with van der Waals surface area (Å²) in [6.07, 6.45) is 0. The fourth-order valence-electron chi connectivity index (χ4n) is 2.06. The van der Waals surface area contributed by atoms with Gasteiger partial charge in [0, 0.05) is 11.1 Å². The standard InChI is InChI=1S/C16H15FO3.C2H6/c1-10(19)11-4-3-5-12(8-11)15-14(20-2)7-6-13(9-18)16(15)17;1-2/h3-8,18H,9H2,1-2H3;1-2H3. The van der Waals surface area contributed by atoms with Crippen molar-refractivity contribution in [1.29, 1.82) is 0 Å². The molecule has 0 saturated carbocycles. The molecule has 0 aliphatic heterocycles. The van der Waals surface area contributed by atoms with Crippen LogP contribution in [-0.2, 0) is 6.61 Å². The largest absolute Gasteiger partial charge is 0.496 e. The predicted octanol–water partition coefficient (Wildman–Crippen LogP) is 4.22. The van der Waals surface area contributed by atoms with Crippen LogP contribution >= 0.6 is 0 Å². The summed E-state index contributed by atoms with van der Waals surface area (Å²) in [6, 6.07) is 9.76. The van der Waals surface area contributed by atoms with E-state index in [2.05, 4.69) is 0 Å². The van der Waals surface area contributed by atoms with E-state index in [1.165, 1.54) is 20.1 Å². The van der Waals surface area contributed by atoms with Crippen LogP contribution in [-0.4, -0.2) is 18.0 Å². The van der Waals surface area contributed by atoms with Crippen LogP contribution in [0.3, 0.4) is 0 Å². The van der Waals surface area contributed by atoms with Gasteiger partial charge in [0.25, 0.3) is 0 Å². The number of Topliss-reactive ketones (excluding diaryl/α,β-unsaturated/α-hetero) is 1. The molecule has 4 heteroatoms. The van der Waals surface area contributed by atoms with Crippen LogP contribution in [0.15, 0.2) is 36.4 Å². The minimum absolute atomic E-state index is 0.0930. The van der Waals surface area contributed by atoms with Crippen LogP contribution in [0.4, 0.5) is 4.39 Å². The molecule has 0 aromatic heterocycles. The van der Waals surface area contributed by atoms with Crippen molar-refractivity contribution in [2.75, 3.05) is 7.11 Å². The SMILES string of the molecule is CC.COc1ccc(CO)c(F)c1-c1cccc(C(C)=O)c1. The van der Waals surface area contributed by atoms with Gasteiger partial charge in [-0.1, -0.05) is 38.1 Å². The van der Waals surface area contributed by atoms with Gasteiger partial charge < -0.3 is 9.84 Å². The van der Waals surface area contributed by atoms with E-state index in [0.717, 1.165) is 0 Å². The molecule has 2 aromatic carbocycles. The molecular formula is C18H21FO3. The number of methoxy groups -OCH3 is 1. The van der Waals surface area contributed by atoms with E-state index in [4.69, 9.17) is 9.84 Å². The normalized spacial score (nSPS) is 9.73. The lowest BCUT2D eigenvalue weighted by molar-refractivity contribution is 0.101. The molecule has 3 nitrogen and oxygen atoms in total. The summed E-state index contributed by atoms with van der Waals surface area (Å²) in [5.41, 5.74) is 1.48. The highest BCUT2D eigenvalue weighted by Gasteiger charge is 2.16. The number of benzene rings is 2. The Hall–Kier alpha value is -2.20. The lowest BCUT2D eigenvalue weighted by atomic mass is 9.98. The summed E-state index contributed by atoms with van der Waals surface area (Å²) in [6.45, 7) is 5.06. The quantitative estimate of drug-likeness (QED) is 0.860. The Labute approximate surface area is 130 Å². The summed E-state index contributed by atoms with van der Waals surface area (Å²) < 4.78 is 19.6. The van der Waals surface area contributed by atoms with Crippen molar-refractivity contribution in [2.45, 2.75) is 27.4 Å². The molecule has 22 heavy (non-hydrogen) atoms. The van der Waals surface area contributed by atoms with Crippen molar-refractivity contribution in [3.05, 3.63) is 53.3 Å². The molecule has 0 heterocycles. The molecule has 0 atom stereocenters. The summed E-state index contributed by atoms with van der Waals surface area (Å²) in [5, 5.41) is 9.16. The maximum Gasteiger partial charge on any atom is 0.159 e. The Balaban J connectivity index is 0.00000116. The van der Waals surface area contributed by atoms with Gasteiger partial charge in [-0.05, 0) is 24.6 Å². The number of hydrogen-bond acceptors (Lipinski definition) is 3. The van der Waals surface area contributed by atoms with E-state index in [1.54, 1.807) is 30.3 Å². The fourth-order valence-corrected chi connectivity index (χ4v) is 2.06. The van der Waals surface area contributed by atoms with Gasteiger partial charge in [-0.3, -0.25) is 4.79 Å².